The van der Waals surface area contributed by atoms with Crippen LogP contribution in [0.5, 0.6) is 0 Å². The van der Waals surface area contributed by atoms with Gasteiger partial charge in [-0.3, -0.25) is 0 Å². The van der Waals surface area contributed by atoms with Crippen molar-refractivity contribution in [3.63, 3.8) is 0 Å². The lowest BCUT2D eigenvalue weighted by atomic mass is 9.35. The van der Waals surface area contributed by atoms with Gasteiger partial charge < -0.3 is 0 Å². The van der Waals surface area contributed by atoms with Gasteiger partial charge in [0.2, 0.25) is 0 Å². The van der Waals surface area contributed by atoms with E-state index in [9.17, 15) is 0 Å². The Labute approximate surface area is 175 Å². The molecule has 28 heavy (non-hydrogen) atoms. The van der Waals surface area contributed by atoms with Crippen LogP contribution in [0.4, 0.5) is 0 Å². The smallest absolute Gasteiger partial charge is 0.0313 e. The summed E-state index contributed by atoms with van der Waals surface area (Å²) < 4.78 is 0. The van der Waals surface area contributed by atoms with Crippen LogP contribution in [0, 0.1) is 75.4 Å². The fourth-order valence-electron chi connectivity index (χ4n) is 11.7. The molecule has 0 amide bonds. The van der Waals surface area contributed by atoms with E-state index in [-0.39, 0.29) is 0 Å². The zero-order chi connectivity index (χ0) is 19.6. The van der Waals surface area contributed by atoms with Crippen LogP contribution in [0.1, 0.15) is 99.3 Å². The van der Waals surface area contributed by atoms with E-state index in [1.54, 1.807) is 57.8 Å². The largest absolute Gasteiger partial charge is 0.0599 e. The molecule has 0 aromatic carbocycles. The second-order valence-corrected chi connectivity index (χ2v) is 15.3. The molecule has 0 aromatic rings. The lowest BCUT2D eigenvalue weighted by Gasteiger charge is -2.70. The maximum atomic E-state index is 2.61. The first kappa shape index (κ1) is 18.7. The van der Waals surface area contributed by atoms with Gasteiger partial charge in [0.15, 0.2) is 0 Å². The van der Waals surface area contributed by atoms with Gasteiger partial charge in [0, 0.05) is 0 Å². The molecule has 0 aliphatic heterocycles. The highest BCUT2D eigenvalue weighted by Crippen LogP contribution is 2.72. The fourth-order valence-corrected chi connectivity index (χ4v) is 11.7. The molecule has 0 spiro atoms. The zero-order valence-corrected chi connectivity index (χ0v) is 19.6. The van der Waals surface area contributed by atoms with Gasteiger partial charge in [-0.2, -0.15) is 0 Å². The van der Waals surface area contributed by atoms with Gasteiger partial charge in [0.25, 0.3) is 0 Å². The molecule has 0 heterocycles. The molecule has 0 N–H and O–H groups in total. The van der Waals surface area contributed by atoms with Gasteiger partial charge in [0.05, 0.1) is 0 Å². The summed E-state index contributed by atoms with van der Waals surface area (Å²) in [7, 11) is 0. The Hall–Kier alpha value is 0. The van der Waals surface area contributed by atoms with E-state index in [4.69, 9.17) is 0 Å². The predicted molar refractivity (Wildman–Crippen MR) is 118 cm³/mol. The maximum Gasteiger partial charge on any atom is -0.0313 e. The summed E-state index contributed by atoms with van der Waals surface area (Å²) >= 11 is 0. The summed E-state index contributed by atoms with van der Waals surface area (Å²) in [5.41, 5.74) is 1.81. The predicted octanol–water partition coefficient (Wildman–Crippen LogP) is 7.82. The Morgan fingerprint density at radius 3 is 0.786 bits per heavy atom. The van der Waals surface area contributed by atoms with E-state index in [0.29, 0.717) is 16.2 Å². The number of rotatable bonds is 0. The third-order valence-corrected chi connectivity index (χ3v) is 11.3. The van der Waals surface area contributed by atoms with Crippen LogP contribution in [-0.2, 0) is 0 Å². The van der Waals surface area contributed by atoms with E-state index < -0.39 is 0 Å². The quantitative estimate of drug-likeness (QED) is 0.400. The molecule has 0 nitrogen and oxygen atoms in total. The summed E-state index contributed by atoms with van der Waals surface area (Å²) in [6.07, 6.45) is 14.1. The molecule has 0 saturated heterocycles. The van der Waals surface area contributed by atoms with E-state index in [1.165, 1.54) is 0 Å². The average Bonchev–Trinajstić information content (AvgIpc) is 2.49. The molecule has 0 radical (unpaired) electrons. The Morgan fingerprint density at radius 1 is 0.357 bits per heavy atom. The van der Waals surface area contributed by atoms with Crippen molar-refractivity contribution in [3.05, 3.63) is 0 Å². The molecule has 0 bridgehead atoms. The molecule has 158 valence electrons. The van der Waals surface area contributed by atoms with Crippen LogP contribution >= 0.6 is 0 Å². The maximum absolute atomic E-state index is 2.61. The van der Waals surface area contributed by atoms with Crippen LogP contribution < -0.4 is 0 Å². The highest BCUT2D eigenvalue weighted by atomic mass is 14.7. The van der Waals surface area contributed by atoms with Gasteiger partial charge >= 0.3 is 0 Å². The molecule has 6 atom stereocenters. The summed E-state index contributed by atoms with van der Waals surface area (Å²) in [5, 5.41) is 0. The van der Waals surface area contributed by atoms with Crippen molar-refractivity contribution in [2.75, 3.05) is 0 Å². The van der Waals surface area contributed by atoms with Crippen LogP contribution in [0.25, 0.3) is 0 Å². The van der Waals surface area contributed by atoms with E-state index in [2.05, 4.69) is 41.5 Å². The monoisotopic (exact) mass is 382 g/mol. The molecular formula is C28H46. The number of hydrogen-bond acceptors (Lipinski definition) is 0. The van der Waals surface area contributed by atoms with Crippen LogP contribution in [-0.4, -0.2) is 0 Å². The number of hydrogen-bond donors (Lipinski definition) is 0. The van der Waals surface area contributed by atoms with Crippen molar-refractivity contribution >= 4 is 0 Å². The summed E-state index contributed by atoms with van der Waals surface area (Å²) in [6, 6.07) is 0. The minimum Gasteiger partial charge on any atom is -0.0599 e. The van der Waals surface area contributed by atoms with Crippen molar-refractivity contribution in [2.45, 2.75) is 99.3 Å². The molecule has 0 aromatic heterocycles. The van der Waals surface area contributed by atoms with Crippen molar-refractivity contribution < 1.29 is 0 Å². The molecule has 6 aliphatic rings. The van der Waals surface area contributed by atoms with Crippen LogP contribution in [0.3, 0.4) is 0 Å². The standard InChI is InChI=1S/C28H46/c1-26(2)10-16-7-18-12-27(3,4)14-20-9-21-15-28(5,6)13-19-8-17(11-26)22(16)25(23(18)20)24(19)21/h16-25H,7-15H2,1-6H3. The summed E-state index contributed by atoms with van der Waals surface area (Å²) in [4.78, 5) is 0. The van der Waals surface area contributed by atoms with Crippen molar-refractivity contribution in [1.29, 1.82) is 0 Å². The van der Waals surface area contributed by atoms with Crippen LogP contribution in [0.2, 0.25) is 0 Å². The van der Waals surface area contributed by atoms with Crippen molar-refractivity contribution in [2.24, 2.45) is 75.4 Å². The molecule has 6 saturated carbocycles. The lowest BCUT2D eigenvalue weighted by Crippen LogP contribution is -2.63. The minimum atomic E-state index is 0.605. The van der Waals surface area contributed by atoms with Gasteiger partial charge in [-0.15, -0.1) is 0 Å². The second-order valence-electron chi connectivity index (χ2n) is 15.3. The normalized spacial score (nSPS) is 57.2. The van der Waals surface area contributed by atoms with E-state index in [0.717, 1.165) is 59.2 Å². The zero-order valence-electron chi connectivity index (χ0n) is 19.6. The van der Waals surface area contributed by atoms with Gasteiger partial charge in [-0.25, -0.2) is 0 Å². The molecule has 0 heteroatoms. The molecule has 6 unspecified atom stereocenters. The highest BCUT2D eigenvalue weighted by Gasteiger charge is 2.65. The van der Waals surface area contributed by atoms with Gasteiger partial charge in [-0.05, 0) is 133 Å². The molecule has 6 fully saturated rings. The van der Waals surface area contributed by atoms with Crippen molar-refractivity contribution in [3.8, 4) is 0 Å². The Balaban J connectivity index is 1.45. The van der Waals surface area contributed by atoms with E-state index >= 15 is 0 Å². The fraction of sp³-hybridized carbons (Fsp3) is 1.00. The SMILES string of the molecule is CC1(C)CC2CC3CC(C)(C)CC4CC5CC(C)(C)CC6CC(C1)C2C(C34)C65. The first-order valence-electron chi connectivity index (χ1n) is 13.0. The summed E-state index contributed by atoms with van der Waals surface area (Å²) in [5.74, 6) is 11.0. The lowest BCUT2D eigenvalue weighted by molar-refractivity contribution is -0.215. The van der Waals surface area contributed by atoms with Gasteiger partial charge in [-0.1, -0.05) is 41.5 Å². The van der Waals surface area contributed by atoms with Crippen molar-refractivity contribution in [1.82, 2.24) is 0 Å². The minimum absolute atomic E-state index is 0.605. The second kappa shape index (κ2) is 5.62. The third kappa shape index (κ3) is 2.67. The topological polar surface area (TPSA) is 0 Å². The third-order valence-electron chi connectivity index (χ3n) is 11.3. The first-order valence-corrected chi connectivity index (χ1v) is 13.0. The van der Waals surface area contributed by atoms with Crippen LogP contribution in [0.15, 0.2) is 0 Å². The summed E-state index contributed by atoms with van der Waals surface area (Å²) in [6.45, 7) is 15.7. The molecular weight excluding hydrogens is 336 g/mol. The Morgan fingerprint density at radius 2 is 0.571 bits per heavy atom. The van der Waals surface area contributed by atoms with Gasteiger partial charge in [0.1, 0.15) is 0 Å². The average molecular weight is 383 g/mol. The molecule has 6 rings (SSSR count). The molecule has 6 aliphatic carbocycles. The first-order chi connectivity index (χ1) is 13.0. The highest BCUT2D eigenvalue weighted by molar-refractivity contribution is 5.13. The Bertz CT molecular complexity index is 521. The van der Waals surface area contributed by atoms with E-state index in [1.807, 2.05) is 0 Å². The Kier molecular flexibility index (Phi) is 3.76.